The summed E-state index contributed by atoms with van der Waals surface area (Å²) in [6, 6.07) is 0. The third kappa shape index (κ3) is 2.23. The van der Waals surface area contributed by atoms with E-state index in [1.807, 2.05) is 0 Å². The van der Waals surface area contributed by atoms with E-state index in [0.717, 1.165) is 37.0 Å². The maximum atomic E-state index is 11.9. The van der Waals surface area contributed by atoms with Gasteiger partial charge < -0.3 is 5.11 Å². The molecule has 0 amide bonds. The summed E-state index contributed by atoms with van der Waals surface area (Å²) in [5.74, 6) is -1.11. The Bertz CT molecular complexity index is 398. The van der Waals surface area contributed by atoms with Gasteiger partial charge >= 0.3 is 5.97 Å². The zero-order chi connectivity index (χ0) is 10.8. The van der Waals surface area contributed by atoms with Crippen LogP contribution in [0.3, 0.4) is 0 Å². The molecule has 1 aliphatic rings. The van der Waals surface area contributed by atoms with E-state index in [4.69, 9.17) is 5.11 Å². The summed E-state index contributed by atoms with van der Waals surface area (Å²) >= 11 is 0.914. The lowest BCUT2D eigenvalue weighted by Crippen LogP contribution is -2.09. The summed E-state index contributed by atoms with van der Waals surface area (Å²) in [6.45, 7) is 0. The van der Waals surface area contributed by atoms with Crippen LogP contribution >= 0.6 is 11.3 Å². The lowest BCUT2D eigenvalue weighted by atomic mass is 10.4. The van der Waals surface area contributed by atoms with Crippen LogP contribution in [0, 0.1) is 0 Å². The number of rotatable bonds is 3. The molecule has 1 aromatic heterocycles. The number of carboxylic acid groups (broad SMARTS) is 1. The average molecular weight is 246 g/mol. The van der Waals surface area contributed by atoms with Gasteiger partial charge in [0, 0.05) is 5.25 Å². The minimum Gasteiger partial charge on any atom is -0.476 e. The Morgan fingerprint density at radius 3 is 2.60 bits per heavy atom. The van der Waals surface area contributed by atoms with Crippen molar-refractivity contribution >= 4 is 28.1 Å². The molecule has 7 heteroatoms. The molecular formula is C8H10N2O3S2. The molecule has 0 radical (unpaired) electrons. The predicted molar refractivity (Wildman–Crippen MR) is 55.5 cm³/mol. The molecule has 1 aliphatic carbocycles. The molecule has 0 spiro atoms. The molecule has 15 heavy (non-hydrogen) atoms. The highest BCUT2D eigenvalue weighted by atomic mass is 32.2. The van der Waals surface area contributed by atoms with E-state index >= 15 is 0 Å². The normalized spacial score (nSPS) is 19.2. The van der Waals surface area contributed by atoms with Crippen molar-refractivity contribution in [3.8, 4) is 0 Å². The van der Waals surface area contributed by atoms with Crippen molar-refractivity contribution in [1.29, 1.82) is 0 Å². The van der Waals surface area contributed by atoms with E-state index in [1.165, 1.54) is 0 Å². The summed E-state index contributed by atoms with van der Waals surface area (Å²) in [7, 11) is -1.17. The first-order valence-corrected chi connectivity index (χ1v) is 6.69. The Morgan fingerprint density at radius 1 is 1.40 bits per heavy atom. The Balaban J connectivity index is 2.14. The van der Waals surface area contributed by atoms with E-state index < -0.39 is 16.8 Å². The lowest BCUT2D eigenvalue weighted by Gasteiger charge is -2.03. The second-order valence-corrected chi connectivity index (χ2v) is 6.27. The molecule has 1 N–H and O–H groups in total. The van der Waals surface area contributed by atoms with Crippen molar-refractivity contribution in [2.75, 3.05) is 0 Å². The van der Waals surface area contributed by atoms with Gasteiger partial charge in [-0.1, -0.05) is 24.2 Å². The highest BCUT2D eigenvalue weighted by Crippen LogP contribution is 2.27. The van der Waals surface area contributed by atoms with Crippen LogP contribution in [0.4, 0.5) is 0 Å². The lowest BCUT2D eigenvalue weighted by molar-refractivity contribution is 0.0695. The van der Waals surface area contributed by atoms with Gasteiger partial charge in [0.25, 0.3) is 0 Å². The molecule has 0 saturated heterocycles. The first-order valence-electron chi connectivity index (χ1n) is 4.66. The molecule has 1 saturated carbocycles. The number of hydrogen-bond donors (Lipinski definition) is 1. The van der Waals surface area contributed by atoms with Crippen LogP contribution in [0.2, 0.25) is 0 Å². The Labute approximate surface area is 93.0 Å². The highest BCUT2D eigenvalue weighted by molar-refractivity contribution is 7.87. The summed E-state index contributed by atoms with van der Waals surface area (Å²) in [5.41, 5.74) is 0. The van der Waals surface area contributed by atoms with Crippen molar-refractivity contribution < 1.29 is 14.1 Å². The third-order valence-corrected chi connectivity index (χ3v) is 5.32. The smallest absolute Gasteiger partial charge is 0.367 e. The molecule has 0 bridgehead atoms. The van der Waals surface area contributed by atoms with E-state index in [-0.39, 0.29) is 10.3 Å². The Morgan fingerprint density at radius 2 is 2.07 bits per heavy atom. The van der Waals surface area contributed by atoms with Crippen LogP contribution < -0.4 is 0 Å². The Kier molecular flexibility index (Phi) is 3.11. The van der Waals surface area contributed by atoms with Gasteiger partial charge in [-0.3, -0.25) is 4.21 Å². The first kappa shape index (κ1) is 10.7. The minimum atomic E-state index is -1.17. The van der Waals surface area contributed by atoms with Crippen LogP contribution in [0.1, 0.15) is 35.5 Å². The SMILES string of the molecule is O=C(O)c1nnc(S(=O)C2CCCC2)s1. The molecule has 82 valence electrons. The second kappa shape index (κ2) is 4.36. The third-order valence-electron chi connectivity index (χ3n) is 2.37. The molecule has 1 atom stereocenters. The number of aromatic carboxylic acids is 1. The van der Waals surface area contributed by atoms with Gasteiger partial charge in [0.1, 0.15) is 0 Å². The molecular weight excluding hydrogens is 236 g/mol. The summed E-state index contributed by atoms with van der Waals surface area (Å²) in [5, 5.41) is 15.9. The molecule has 2 rings (SSSR count). The monoisotopic (exact) mass is 246 g/mol. The van der Waals surface area contributed by atoms with Gasteiger partial charge in [0.2, 0.25) is 9.35 Å². The number of aromatic nitrogens is 2. The van der Waals surface area contributed by atoms with Crippen LogP contribution in [0.25, 0.3) is 0 Å². The van der Waals surface area contributed by atoms with Crippen molar-refractivity contribution in [3.05, 3.63) is 5.01 Å². The fraction of sp³-hybridized carbons (Fsp3) is 0.625. The largest absolute Gasteiger partial charge is 0.476 e. The number of carbonyl (C=O) groups is 1. The maximum absolute atomic E-state index is 11.9. The molecule has 1 unspecified atom stereocenters. The van der Waals surface area contributed by atoms with Crippen LogP contribution in [0.5, 0.6) is 0 Å². The molecule has 1 fully saturated rings. The summed E-state index contributed by atoms with van der Waals surface area (Å²) in [6.07, 6.45) is 4.07. The van der Waals surface area contributed by atoms with Gasteiger partial charge in [0.05, 0.1) is 10.8 Å². The first-order chi connectivity index (χ1) is 7.18. The van der Waals surface area contributed by atoms with Gasteiger partial charge in [-0.05, 0) is 12.8 Å². The summed E-state index contributed by atoms with van der Waals surface area (Å²) in [4.78, 5) is 10.6. The Hall–Kier alpha value is -0.820. The van der Waals surface area contributed by atoms with E-state index in [9.17, 15) is 9.00 Å². The quantitative estimate of drug-likeness (QED) is 0.869. The van der Waals surface area contributed by atoms with Gasteiger partial charge in [-0.2, -0.15) is 0 Å². The molecule has 0 aliphatic heterocycles. The minimum absolute atomic E-state index is 0.0867. The molecule has 0 aromatic carbocycles. The standard InChI is InChI=1S/C8H10N2O3S2/c11-7(12)6-9-10-8(14-6)15(13)5-3-1-2-4-5/h5H,1-4H2,(H,11,12). The van der Waals surface area contributed by atoms with Gasteiger partial charge in [0.15, 0.2) is 0 Å². The van der Waals surface area contributed by atoms with Crippen LogP contribution in [-0.2, 0) is 10.8 Å². The zero-order valence-electron chi connectivity index (χ0n) is 7.88. The second-order valence-electron chi connectivity index (χ2n) is 3.38. The zero-order valence-corrected chi connectivity index (χ0v) is 9.51. The maximum Gasteiger partial charge on any atom is 0.367 e. The van der Waals surface area contributed by atoms with Gasteiger partial charge in [-0.15, -0.1) is 10.2 Å². The van der Waals surface area contributed by atoms with Crippen molar-refractivity contribution in [3.63, 3.8) is 0 Å². The van der Waals surface area contributed by atoms with Gasteiger partial charge in [-0.25, -0.2) is 4.79 Å². The number of carboxylic acids is 1. The summed E-state index contributed by atoms with van der Waals surface area (Å²) < 4.78 is 12.3. The predicted octanol–water partition coefficient (Wildman–Crippen LogP) is 1.29. The number of hydrogen-bond acceptors (Lipinski definition) is 5. The van der Waals surface area contributed by atoms with E-state index in [1.54, 1.807) is 0 Å². The molecule has 5 nitrogen and oxygen atoms in total. The molecule has 1 aromatic rings. The highest BCUT2D eigenvalue weighted by Gasteiger charge is 2.26. The van der Waals surface area contributed by atoms with Crippen LogP contribution in [0.15, 0.2) is 4.34 Å². The fourth-order valence-electron chi connectivity index (χ4n) is 1.62. The topological polar surface area (TPSA) is 80.2 Å². The van der Waals surface area contributed by atoms with Crippen molar-refractivity contribution in [2.45, 2.75) is 35.3 Å². The van der Waals surface area contributed by atoms with Crippen LogP contribution in [-0.4, -0.2) is 30.7 Å². The van der Waals surface area contributed by atoms with Crippen molar-refractivity contribution in [2.24, 2.45) is 0 Å². The number of nitrogens with zero attached hydrogens (tertiary/aromatic N) is 2. The fourth-order valence-corrected chi connectivity index (χ4v) is 4.18. The average Bonchev–Trinajstić information content (AvgIpc) is 2.88. The molecule has 1 heterocycles. The van der Waals surface area contributed by atoms with E-state index in [2.05, 4.69) is 10.2 Å². The van der Waals surface area contributed by atoms with Crippen molar-refractivity contribution in [1.82, 2.24) is 10.2 Å². The van der Waals surface area contributed by atoms with E-state index in [0.29, 0.717) is 4.34 Å².